The topological polar surface area (TPSA) is 80.8 Å². The molecule has 19 heavy (non-hydrogen) atoms. The van der Waals surface area contributed by atoms with Crippen LogP contribution in [0.2, 0.25) is 0 Å². The third kappa shape index (κ3) is 2.52. The Bertz CT molecular complexity index is 593. The van der Waals surface area contributed by atoms with Crippen LogP contribution in [0, 0.1) is 6.92 Å². The SMILES string of the molecule is Cc1ccc(S(=O)(=O)N2COC(=O)C2CC=O)cc1. The molecule has 2 rings (SSSR count). The Morgan fingerprint density at radius 1 is 1.37 bits per heavy atom. The minimum Gasteiger partial charge on any atom is -0.447 e. The van der Waals surface area contributed by atoms with Crippen LogP contribution in [-0.2, 0) is 24.3 Å². The molecule has 102 valence electrons. The number of nitrogens with zero attached hydrogens (tertiary/aromatic N) is 1. The maximum atomic E-state index is 12.4. The summed E-state index contributed by atoms with van der Waals surface area (Å²) in [6.45, 7) is 1.49. The van der Waals surface area contributed by atoms with Gasteiger partial charge in [-0.1, -0.05) is 17.7 Å². The number of aldehydes is 1. The van der Waals surface area contributed by atoms with Crippen LogP contribution in [0.3, 0.4) is 0 Å². The molecule has 0 bridgehead atoms. The van der Waals surface area contributed by atoms with E-state index in [2.05, 4.69) is 0 Å². The molecular weight excluding hydrogens is 270 g/mol. The number of aryl methyl sites for hydroxylation is 1. The van der Waals surface area contributed by atoms with Crippen LogP contribution in [0.1, 0.15) is 12.0 Å². The fraction of sp³-hybridized carbons (Fsp3) is 0.333. The Morgan fingerprint density at radius 2 is 2.00 bits per heavy atom. The molecule has 1 unspecified atom stereocenters. The summed E-state index contributed by atoms with van der Waals surface area (Å²) in [7, 11) is -3.83. The van der Waals surface area contributed by atoms with E-state index in [9.17, 15) is 18.0 Å². The molecule has 0 saturated carbocycles. The monoisotopic (exact) mass is 283 g/mol. The lowest BCUT2D eigenvalue weighted by atomic mass is 10.2. The van der Waals surface area contributed by atoms with Gasteiger partial charge in [0, 0.05) is 6.42 Å². The summed E-state index contributed by atoms with van der Waals surface area (Å²) in [5.74, 6) is -0.692. The number of rotatable bonds is 4. The maximum absolute atomic E-state index is 12.4. The van der Waals surface area contributed by atoms with E-state index in [4.69, 9.17) is 4.74 Å². The Morgan fingerprint density at radius 3 is 2.58 bits per heavy atom. The number of sulfonamides is 1. The van der Waals surface area contributed by atoms with Crippen LogP contribution in [0.5, 0.6) is 0 Å². The van der Waals surface area contributed by atoms with Gasteiger partial charge in [-0.3, -0.25) is 4.79 Å². The summed E-state index contributed by atoms with van der Waals surface area (Å²) >= 11 is 0. The van der Waals surface area contributed by atoms with Crippen molar-refractivity contribution < 1.29 is 22.7 Å². The molecule has 0 N–H and O–H groups in total. The van der Waals surface area contributed by atoms with Crippen molar-refractivity contribution in [3.8, 4) is 0 Å². The minimum atomic E-state index is -3.83. The highest BCUT2D eigenvalue weighted by atomic mass is 32.2. The molecule has 1 heterocycles. The molecule has 0 spiro atoms. The van der Waals surface area contributed by atoms with Crippen LogP contribution in [-0.4, -0.2) is 37.8 Å². The van der Waals surface area contributed by atoms with Crippen molar-refractivity contribution in [2.75, 3.05) is 6.73 Å². The summed E-state index contributed by atoms with van der Waals surface area (Å²) in [4.78, 5) is 22.0. The first-order valence-electron chi connectivity index (χ1n) is 5.65. The third-order valence-corrected chi connectivity index (χ3v) is 4.75. The molecule has 1 saturated heterocycles. The van der Waals surface area contributed by atoms with Gasteiger partial charge in [0.15, 0.2) is 6.73 Å². The number of esters is 1. The van der Waals surface area contributed by atoms with Crippen molar-refractivity contribution >= 4 is 22.3 Å². The molecule has 1 aliphatic rings. The lowest BCUT2D eigenvalue weighted by molar-refractivity contribution is -0.139. The first-order valence-corrected chi connectivity index (χ1v) is 7.09. The van der Waals surface area contributed by atoms with E-state index in [0.29, 0.717) is 6.29 Å². The Kier molecular flexibility index (Phi) is 3.68. The average molecular weight is 283 g/mol. The highest BCUT2D eigenvalue weighted by Gasteiger charge is 2.42. The number of cyclic esters (lactones) is 1. The second-order valence-corrected chi connectivity index (χ2v) is 6.11. The predicted molar refractivity (Wildman–Crippen MR) is 65.6 cm³/mol. The minimum absolute atomic E-state index is 0.0762. The lowest BCUT2D eigenvalue weighted by Crippen LogP contribution is -2.38. The summed E-state index contributed by atoms with van der Waals surface area (Å²) < 4.78 is 30.3. The number of hydrogen-bond donors (Lipinski definition) is 0. The molecule has 0 radical (unpaired) electrons. The normalized spacial score (nSPS) is 20.3. The zero-order valence-corrected chi connectivity index (χ0v) is 11.1. The number of carbonyl (C=O) groups is 2. The van der Waals surface area contributed by atoms with Gasteiger partial charge >= 0.3 is 5.97 Å². The maximum Gasteiger partial charge on any atom is 0.326 e. The standard InChI is InChI=1S/C12H13NO5S/c1-9-2-4-10(5-3-9)19(16,17)13-8-18-12(15)11(13)6-7-14/h2-5,7,11H,6,8H2,1H3. The van der Waals surface area contributed by atoms with Gasteiger partial charge in [0.05, 0.1) is 4.90 Å². The first kappa shape index (κ1) is 13.7. The van der Waals surface area contributed by atoms with Gasteiger partial charge < -0.3 is 9.53 Å². The van der Waals surface area contributed by atoms with Crippen LogP contribution < -0.4 is 0 Å². The van der Waals surface area contributed by atoms with Crippen molar-refractivity contribution in [1.82, 2.24) is 4.31 Å². The van der Waals surface area contributed by atoms with Crippen molar-refractivity contribution in [3.63, 3.8) is 0 Å². The van der Waals surface area contributed by atoms with Crippen molar-refractivity contribution in [1.29, 1.82) is 0 Å². The molecule has 1 atom stereocenters. The number of carbonyl (C=O) groups excluding carboxylic acids is 2. The molecule has 1 fully saturated rings. The molecular formula is C12H13NO5S. The van der Waals surface area contributed by atoms with Gasteiger partial charge in [0.1, 0.15) is 12.3 Å². The van der Waals surface area contributed by atoms with E-state index in [1.54, 1.807) is 12.1 Å². The Balaban J connectivity index is 2.36. The average Bonchev–Trinajstić information content (AvgIpc) is 2.73. The third-order valence-electron chi connectivity index (χ3n) is 2.90. The quantitative estimate of drug-likeness (QED) is 0.592. The largest absolute Gasteiger partial charge is 0.447 e. The smallest absolute Gasteiger partial charge is 0.326 e. The van der Waals surface area contributed by atoms with Gasteiger partial charge in [0.25, 0.3) is 0 Å². The summed E-state index contributed by atoms with van der Waals surface area (Å²) in [5, 5.41) is 0. The van der Waals surface area contributed by atoms with Crippen LogP contribution in [0.15, 0.2) is 29.2 Å². The van der Waals surface area contributed by atoms with E-state index < -0.39 is 22.0 Å². The number of benzene rings is 1. The summed E-state index contributed by atoms with van der Waals surface area (Å²) in [6, 6.07) is 5.20. The summed E-state index contributed by atoms with van der Waals surface area (Å²) in [5.41, 5.74) is 0.928. The van der Waals surface area contributed by atoms with E-state index in [0.717, 1.165) is 9.87 Å². The Hall–Kier alpha value is -1.73. The highest BCUT2D eigenvalue weighted by Crippen LogP contribution is 2.24. The number of ether oxygens (including phenoxy) is 1. The van der Waals surface area contributed by atoms with Crippen molar-refractivity contribution in [3.05, 3.63) is 29.8 Å². The van der Waals surface area contributed by atoms with Crippen LogP contribution in [0.4, 0.5) is 0 Å². The van der Waals surface area contributed by atoms with E-state index in [1.165, 1.54) is 12.1 Å². The Labute approximate surface area is 111 Å². The molecule has 0 aromatic heterocycles. The molecule has 1 aromatic rings. The van der Waals surface area contributed by atoms with Gasteiger partial charge in [-0.25, -0.2) is 8.42 Å². The molecule has 0 amide bonds. The fourth-order valence-corrected chi connectivity index (χ4v) is 3.27. The zero-order valence-electron chi connectivity index (χ0n) is 10.3. The van der Waals surface area contributed by atoms with Crippen molar-refractivity contribution in [2.24, 2.45) is 0 Å². The zero-order chi connectivity index (χ0) is 14.0. The fourth-order valence-electron chi connectivity index (χ4n) is 1.82. The van der Waals surface area contributed by atoms with E-state index in [-0.39, 0.29) is 18.0 Å². The molecule has 7 heteroatoms. The summed E-state index contributed by atoms with van der Waals surface area (Å²) in [6.07, 6.45) is 0.304. The second kappa shape index (κ2) is 5.10. The molecule has 1 aliphatic heterocycles. The molecule has 1 aromatic carbocycles. The van der Waals surface area contributed by atoms with E-state index in [1.807, 2.05) is 6.92 Å². The predicted octanol–water partition coefficient (Wildman–Crippen LogP) is 0.458. The van der Waals surface area contributed by atoms with Gasteiger partial charge in [0.2, 0.25) is 10.0 Å². The number of hydrogen-bond acceptors (Lipinski definition) is 5. The first-order chi connectivity index (χ1) is 8.96. The van der Waals surface area contributed by atoms with Gasteiger partial charge in [-0.05, 0) is 19.1 Å². The van der Waals surface area contributed by atoms with Crippen LogP contribution in [0.25, 0.3) is 0 Å². The van der Waals surface area contributed by atoms with Gasteiger partial charge in [-0.2, -0.15) is 0 Å². The van der Waals surface area contributed by atoms with E-state index >= 15 is 0 Å². The van der Waals surface area contributed by atoms with Crippen LogP contribution >= 0.6 is 0 Å². The van der Waals surface area contributed by atoms with Crippen molar-refractivity contribution in [2.45, 2.75) is 24.3 Å². The van der Waals surface area contributed by atoms with Gasteiger partial charge in [-0.15, -0.1) is 4.31 Å². The lowest BCUT2D eigenvalue weighted by Gasteiger charge is -2.18. The molecule has 6 nitrogen and oxygen atoms in total. The second-order valence-electron chi connectivity index (χ2n) is 4.22. The highest BCUT2D eigenvalue weighted by molar-refractivity contribution is 7.89. The molecule has 0 aliphatic carbocycles.